The fraction of sp³-hybridized carbons (Fsp3) is 0.294. The summed E-state index contributed by atoms with van der Waals surface area (Å²) in [4.78, 5) is 11.2. The normalized spacial score (nSPS) is 30.0. The maximum atomic E-state index is 6.17. The molecule has 0 radical (unpaired) electrons. The highest BCUT2D eigenvalue weighted by Crippen LogP contribution is 2.53. The molecule has 20 heavy (non-hydrogen) atoms. The number of hydrogen-bond acceptors (Lipinski definition) is 3. The summed E-state index contributed by atoms with van der Waals surface area (Å²) in [5.74, 6) is -0.946. The van der Waals surface area contributed by atoms with Crippen LogP contribution in [0.2, 0.25) is 0 Å². The molecule has 2 aromatic rings. The number of ether oxygens (including phenoxy) is 1. The minimum atomic E-state index is -0.946. The topological polar surface area (TPSA) is 27.7 Å². The van der Waals surface area contributed by atoms with Gasteiger partial charge in [-0.05, 0) is 5.56 Å². The van der Waals surface area contributed by atoms with Crippen LogP contribution >= 0.6 is 0 Å². The molecule has 0 aromatic heterocycles. The van der Waals surface area contributed by atoms with E-state index in [2.05, 4.69) is 26.0 Å². The molecule has 2 aromatic carbocycles. The Balaban J connectivity index is 1.99. The van der Waals surface area contributed by atoms with E-state index in [9.17, 15) is 0 Å². The number of benzene rings is 2. The summed E-state index contributed by atoms with van der Waals surface area (Å²) >= 11 is 0. The summed E-state index contributed by atoms with van der Waals surface area (Å²) in [6.07, 6.45) is -0.405. The molecule has 3 heteroatoms. The van der Waals surface area contributed by atoms with Crippen molar-refractivity contribution < 1.29 is 14.5 Å². The van der Waals surface area contributed by atoms with E-state index in [0.717, 1.165) is 11.1 Å². The van der Waals surface area contributed by atoms with Crippen LogP contribution in [0.15, 0.2) is 54.6 Å². The lowest BCUT2D eigenvalue weighted by atomic mass is 9.76. The van der Waals surface area contributed by atoms with E-state index in [1.165, 1.54) is 5.56 Å². The molecule has 0 amide bonds. The molecule has 0 N–H and O–H groups in total. The van der Waals surface area contributed by atoms with Crippen LogP contribution in [0.5, 0.6) is 0 Å². The van der Waals surface area contributed by atoms with Crippen molar-refractivity contribution in [2.24, 2.45) is 0 Å². The van der Waals surface area contributed by atoms with Crippen molar-refractivity contribution in [2.45, 2.75) is 31.3 Å². The fourth-order valence-electron chi connectivity index (χ4n) is 3.07. The van der Waals surface area contributed by atoms with E-state index in [4.69, 9.17) is 14.5 Å². The van der Waals surface area contributed by atoms with Gasteiger partial charge in [0, 0.05) is 16.5 Å². The Labute approximate surface area is 118 Å². The highest BCUT2D eigenvalue weighted by molar-refractivity contribution is 5.45. The highest BCUT2D eigenvalue weighted by Gasteiger charge is 2.58. The van der Waals surface area contributed by atoms with Crippen molar-refractivity contribution >= 4 is 0 Å². The Morgan fingerprint density at radius 1 is 0.850 bits per heavy atom. The SMILES string of the molecule is CC1(C)c2ccccc2[C@]2(c3ccccc3)OO[C@H]1O2. The van der Waals surface area contributed by atoms with Crippen LogP contribution in [-0.4, -0.2) is 6.29 Å². The number of fused-ring (bicyclic) bond motifs is 4. The van der Waals surface area contributed by atoms with Crippen molar-refractivity contribution in [3.8, 4) is 0 Å². The molecule has 0 unspecified atom stereocenters. The third-order valence-corrected chi connectivity index (χ3v) is 4.24. The average molecular weight is 268 g/mol. The molecule has 1 fully saturated rings. The Bertz CT molecular complexity index is 650. The van der Waals surface area contributed by atoms with Gasteiger partial charge in [-0.2, -0.15) is 9.78 Å². The molecule has 2 aliphatic heterocycles. The largest absolute Gasteiger partial charge is 0.306 e. The Hall–Kier alpha value is -1.68. The van der Waals surface area contributed by atoms with E-state index >= 15 is 0 Å². The first-order chi connectivity index (χ1) is 9.64. The number of hydrogen-bond donors (Lipinski definition) is 0. The van der Waals surface area contributed by atoms with Gasteiger partial charge in [0.05, 0.1) is 0 Å². The molecular formula is C17H16O3. The predicted molar refractivity (Wildman–Crippen MR) is 73.7 cm³/mol. The lowest BCUT2D eigenvalue weighted by Crippen LogP contribution is -2.44. The minimum Gasteiger partial charge on any atom is -0.306 e. The van der Waals surface area contributed by atoms with Crippen molar-refractivity contribution in [3.63, 3.8) is 0 Å². The minimum absolute atomic E-state index is 0.245. The van der Waals surface area contributed by atoms with Crippen LogP contribution in [0.4, 0.5) is 0 Å². The van der Waals surface area contributed by atoms with Crippen LogP contribution in [0.3, 0.4) is 0 Å². The molecule has 0 spiro atoms. The van der Waals surface area contributed by atoms with E-state index in [-0.39, 0.29) is 5.41 Å². The second-order valence-corrected chi connectivity index (χ2v) is 5.88. The van der Waals surface area contributed by atoms with E-state index < -0.39 is 12.1 Å². The second-order valence-electron chi connectivity index (χ2n) is 5.88. The van der Waals surface area contributed by atoms with Gasteiger partial charge >= 0.3 is 0 Å². The zero-order valence-electron chi connectivity index (χ0n) is 11.5. The van der Waals surface area contributed by atoms with Gasteiger partial charge in [-0.3, -0.25) is 0 Å². The van der Waals surface area contributed by atoms with Crippen LogP contribution in [-0.2, 0) is 25.7 Å². The van der Waals surface area contributed by atoms with Crippen molar-refractivity contribution in [3.05, 3.63) is 71.3 Å². The first-order valence-corrected chi connectivity index (χ1v) is 6.82. The summed E-state index contributed by atoms with van der Waals surface area (Å²) in [7, 11) is 0. The highest BCUT2D eigenvalue weighted by atomic mass is 17.3. The molecule has 3 nitrogen and oxygen atoms in total. The maximum Gasteiger partial charge on any atom is 0.256 e. The molecule has 2 heterocycles. The van der Waals surface area contributed by atoms with Crippen molar-refractivity contribution in [1.82, 2.24) is 0 Å². The van der Waals surface area contributed by atoms with Gasteiger partial charge in [0.25, 0.3) is 5.79 Å². The van der Waals surface area contributed by atoms with Crippen LogP contribution in [0, 0.1) is 0 Å². The van der Waals surface area contributed by atoms with Gasteiger partial charge in [0.15, 0.2) is 0 Å². The van der Waals surface area contributed by atoms with E-state index in [1.54, 1.807) is 0 Å². The summed E-state index contributed by atoms with van der Waals surface area (Å²) in [5, 5.41) is 0. The lowest BCUT2D eigenvalue weighted by molar-refractivity contribution is -0.324. The molecule has 0 saturated carbocycles. The first-order valence-electron chi connectivity index (χ1n) is 6.82. The quantitative estimate of drug-likeness (QED) is 0.741. The fourth-order valence-corrected chi connectivity index (χ4v) is 3.07. The van der Waals surface area contributed by atoms with Gasteiger partial charge in [0.2, 0.25) is 6.29 Å². The molecule has 2 aliphatic rings. The zero-order chi connectivity index (χ0) is 13.8. The summed E-state index contributed by atoms with van der Waals surface area (Å²) < 4.78 is 6.17. The molecule has 0 aliphatic carbocycles. The number of rotatable bonds is 1. The molecule has 1 saturated heterocycles. The van der Waals surface area contributed by atoms with Crippen molar-refractivity contribution in [2.75, 3.05) is 0 Å². The summed E-state index contributed by atoms with van der Waals surface area (Å²) in [6.45, 7) is 4.22. The summed E-state index contributed by atoms with van der Waals surface area (Å²) in [5.41, 5.74) is 2.93. The smallest absolute Gasteiger partial charge is 0.256 e. The molecule has 4 rings (SSSR count). The zero-order valence-corrected chi connectivity index (χ0v) is 11.5. The third kappa shape index (κ3) is 1.40. The maximum absolute atomic E-state index is 6.17. The van der Waals surface area contributed by atoms with E-state index in [1.807, 2.05) is 42.5 Å². The van der Waals surface area contributed by atoms with Gasteiger partial charge in [-0.1, -0.05) is 68.4 Å². The monoisotopic (exact) mass is 268 g/mol. The third-order valence-electron chi connectivity index (χ3n) is 4.24. The molecule has 102 valence electrons. The Kier molecular flexibility index (Phi) is 2.37. The van der Waals surface area contributed by atoms with Gasteiger partial charge in [-0.25, -0.2) is 0 Å². The van der Waals surface area contributed by atoms with Gasteiger partial charge in [-0.15, -0.1) is 0 Å². The average Bonchev–Trinajstić information content (AvgIpc) is 2.92. The standard InChI is InChI=1S/C17H16O3/c1-16(2)13-10-6-7-11-14(13)17(18-15(16)19-20-17)12-8-4-3-5-9-12/h3-11,15H,1-2H3/t15-,17+/m1/s1. The first kappa shape index (κ1) is 12.1. The van der Waals surface area contributed by atoms with Gasteiger partial charge in [0.1, 0.15) is 0 Å². The van der Waals surface area contributed by atoms with Crippen molar-refractivity contribution in [1.29, 1.82) is 0 Å². The molecule has 2 atom stereocenters. The lowest BCUT2D eigenvalue weighted by Gasteiger charge is -2.39. The predicted octanol–water partition coefficient (Wildman–Crippen LogP) is 3.48. The molecule has 2 bridgehead atoms. The van der Waals surface area contributed by atoms with Crippen LogP contribution in [0.1, 0.15) is 30.5 Å². The van der Waals surface area contributed by atoms with Crippen LogP contribution in [0.25, 0.3) is 0 Å². The molecular weight excluding hydrogens is 252 g/mol. The second kappa shape index (κ2) is 3.92. The summed E-state index contributed by atoms with van der Waals surface area (Å²) in [6, 6.07) is 18.2. The van der Waals surface area contributed by atoms with E-state index in [0.29, 0.717) is 0 Å². The Morgan fingerprint density at radius 2 is 1.50 bits per heavy atom. The van der Waals surface area contributed by atoms with Crippen LogP contribution < -0.4 is 0 Å². The van der Waals surface area contributed by atoms with Gasteiger partial charge < -0.3 is 4.74 Å². The Morgan fingerprint density at radius 3 is 2.25 bits per heavy atom.